The van der Waals surface area contributed by atoms with E-state index in [0.717, 1.165) is 44.4 Å². The van der Waals surface area contributed by atoms with Gasteiger partial charge in [-0.25, -0.2) is 0 Å². The van der Waals surface area contributed by atoms with Crippen LogP contribution >= 0.6 is 0 Å². The largest absolute Gasteiger partial charge is 0.550 e. The molecule has 0 aromatic rings. The number of aliphatic hydroxyl groups excluding tert-OH is 1. The molecule has 0 aliphatic heterocycles. The molecule has 3 heteroatoms. The molecular formula is C22H33O3-. The van der Waals surface area contributed by atoms with Crippen molar-refractivity contribution >= 4 is 5.97 Å². The summed E-state index contributed by atoms with van der Waals surface area (Å²) in [4.78, 5) is 11.5. The number of aliphatic carboxylic acids is 1. The third-order valence-electron chi connectivity index (χ3n) is 9.13. The minimum atomic E-state index is -0.868. The first-order valence-corrected chi connectivity index (χ1v) is 10.4. The fourth-order valence-corrected chi connectivity index (χ4v) is 7.67. The van der Waals surface area contributed by atoms with Gasteiger partial charge in [0, 0.05) is 5.97 Å². The van der Waals surface area contributed by atoms with Crippen LogP contribution in [0.4, 0.5) is 0 Å². The van der Waals surface area contributed by atoms with E-state index in [0.29, 0.717) is 11.8 Å². The summed E-state index contributed by atoms with van der Waals surface area (Å²) in [5.74, 6) is 1.14. The Labute approximate surface area is 151 Å². The van der Waals surface area contributed by atoms with Crippen molar-refractivity contribution in [2.75, 3.05) is 0 Å². The van der Waals surface area contributed by atoms with E-state index in [1.54, 1.807) is 0 Å². The summed E-state index contributed by atoms with van der Waals surface area (Å²) in [5, 5.41) is 21.6. The highest BCUT2D eigenvalue weighted by Crippen LogP contribution is 2.67. The van der Waals surface area contributed by atoms with Gasteiger partial charge in [0.15, 0.2) is 0 Å². The molecule has 140 valence electrons. The Hall–Kier alpha value is -0.830. The van der Waals surface area contributed by atoms with Crippen molar-refractivity contribution in [3.8, 4) is 0 Å². The first kappa shape index (κ1) is 17.6. The fourth-order valence-electron chi connectivity index (χ4n) is 7.67. The van der Waals surface area contributed by atoms with Crippen LogP contribution in [0.15, 0.2) is 11.6 Å². The summed E-state index contributed by atoms with van der Waals surface area (Å²) in [6.07, 6.45) is 11.0. The summed E-state index contributed by atoms with van der Waals surface area (Å²) < 4.78 is 0. The van der Waals surface area contributed by atoms with Crippen molar-refractivity contribution in [3.05, 3.63) is 11.6 Å². The number of fused-ring (bicyclic) bond motifs is 5. The minimum Gasteiger partial charge on any atom is -0.550 e. The van der Waals surface area contributed by atoms with Crippen LogP contribution in [-0.4, -0.2) is 17.2 Å². The van der Waals surface area contributed by atoms with E-state index in [-0.39, 0.29) is 28.8 Å². The van der Waals surface area contributed by atoms with Gasteiger partial charge in [-0.1, -0.05) is 32.4 Å². The van der Waals surface area contributed by atoms with Gasteiger partial charge in [-0.3, -0.25) is 0 Å². The van der Waals surface area contributed by atoms with Crippen molar-refractivity contribution in [2.45, 2.75) is 78.2 Å². The fraction of sp³-hybridized carbons (Fsp3) is 0.864. The summed E-state index contributed by atoms with van der Waals surface area (Å²) in [6, 6.07) is 0. The maximum absolute atomic E-state index is 11.5. The Morgan fingerprint density at radius 1 is 1.20 bits per heavy atom. The molecular weight excluding hydrogens is 312 g/mol. The lowest BCUT2D eigenvalue weighted by molar-refractivity contribution is -0.314. The second kappa shape index (κ2) is 5.84. The Morgan fingerprint density at radius 3 is 2.68 bits per heavy atom. The summed E-state index contributed by atoms with van der Waals surface area (Å²) in [7, 11) is 0. The summed E-state index contributed by atoms with van der Waals surface area (Å²) in [6.45, 7) is 6.68. The predicted molar refractivity (Wildman–Crippen MR) is 95.4 cm³/mol. The molecule has 0 aromatic heterocycles. The van der Waals surface area contributed by atoms with Gasteiger partial charge in [0.25, 0.3) is 0 Å². The second-order valence-corrected chi connectivity index (χ2v) is 9.99. The number of allylic oxidation sites excluding steroid dienone is 1. The first-order valence-electron chi connectivity index (χ1n) is 10.4. The van der Waals surface area contributed by atoms with Crippen LogP contribution in [0, 0.1) is 40.4 Å². The van der Waals surface area contributed by atoms with Gasteiger partial charge in [-0.2, -0.15) is 0 Å². The molecule has 0 saturated heterocycles. The molecule has 8 atom stereocenters. The zero-order valence-electron chi connectivity index (χ0n) is 16.0. The molecule has 4 aliphatic carbocycles. The van der Waals surface area contributed by atoms with Crippen LogP contribution in [0.5, 0.6) is 0 Å². The SMILES string of the molecule is C[C@H](C(=O)[O-])[C@H]1CC[C@H]2[C@@H]3CC=C4C[C@@H](O)CC[C@]4(C)[C@@H]3CC[C@]12C. The average molecular weight is 346 g/mol. The van der Waals surface area contributed by atoms with E-state index in [9.17, 15) is 15.0 Å². The minimum absolute atomic E-state index is 0.149. The molecule has 3 nitrogen and oxygen atoms in total. The molecule has 1 N–H and O–H groups in total. The van der Waals surface area contributed by atoms with E-state index in [4.69, 9.17) is 0 Å². The normalized spacial score (nSPS) is 50.2. The number of rotatable bonds is 2. The van der Waals surface area contributed by atoms with E-state index in [1.807, 2.05) is 6.92 Å². The standard InChI is InChI=1S/C22H34O3/c1-13(20(24)25)17-6-7-18-16-5-4-14-12-15(23)8-10-21(14,2)19(16)9-11-22(17,18)3/h4,13,15-19,23H,5-12H2,1-3H3,(H,24,25)/p-1/t13-,15-,16-,17+,18-,19+,21-,22+/m0/s1. The van der Waals surface area contributed by atoms with Gasteiger partial charge in [-0.15, -0.1) is 0 Å². The van der Waals surface area contributed by atoms with Gasteiger partial charge < -0.3 is 15.0 Å². The number of hydrogen-bond acceptors (Lipinski definition) is 3. The van der Waals surface area contributed by atoms with E-state index >= 15 is 0 Å². The summed E-state index contributed by atoms with van der Waals surface area (Å²) >= 11 is 0. The first-order chi connectivity index (χ1) is 11.8. The number of carbonyl (C=O) groups is 1. The molecule has 0 heterocycles. The Morgan fingerprint density at radius 2 is 1.96 bits per heavy atom. The molecule has 0 aromatic carbocycles. The van der Waals surface area contributed by atoms with Gasteiger partial charge in [0.05, 0.1) is 6.10 Å². The molecule has 4 rings (SSSR count). The van der Waals surface area contributed by atoms with Crippen molar-refractivity contribution < 1.29 is 15.0 Å². The molecule has 0 spiro atoms. The van der Waals surface area contributed by atoms with Gasteiger partial charge in [-0.05, 0) is 91.8 Å². The highest BCUT2D eigenvalue weighted by atomic mass is 16.4. The molecule has 0 radical (unpaired) electrons. The Balaban J connectivity index is 1.63. The number of hydrogen-bond donors (Lipinski definition) is 1. The van der Waals surface area contributed by atoms with E-state index in [1.165, 1.54) is 18.4 Å². The van der Waals surface area contributed by atoms with Crippen molar-refractivity contribution in [1.82, 2.24) is 0 Å². The van der Waals surface area contributed by atoms with Gasteiger partial charge >= 0.3 is 0 Å². The zero-order valence-corrected chi connectivity index (χ0v) is 16.0. The second-order valence-electron chi connectivity index (χ2n) is 9.99. The molecule has 25 heavy (non-hydrogen) atoms. The Kier molecular flexibility index (Phi) is 4.10. The Bertz CT molecular complexity index is 596. The molecule has 3 saturated carbocycles. The smallest absolute Gasteiger partial charge is 0.0577 e. The quantitative estimate of drug-likeness (QED) is 0.781. The lowest BCUT2D eigenvalue weighted by atomic mass is 9.47. The molecule has 4 aliphatic rings. The van der Waals surface area contributed by atoms with Crippen LogP contribution < -0.4 is 5.11 Å². The highest BCUT2D eigenvalue weighted by Gasteiger charge is 2.59. The van der Waals surface area contributed by atoms with Crippen molar-refractivity contribution in [2.24, 2.45) is 40.4 Å². The van der Waals surface area contributed by atoms with Crippen LogP contribution in [0.3, 0.4) is 0 Å². The number of carbonyl (C=O) groups excluding carboxylic acids is 1. The maximum atomic E-state index is 11.5. The molecule has 0 amide bonds. The lowest BCUT2D eigenvalue weighted by Gasteiger charge is -2.58. The van der Waals surface area contributed by atoms with Crippen LogP contribution in [0.25, 0.3) is 0 Å². The van der Waals surface area contributed by atoms with Gasteiger partial charge in [0.1, 0.15) is 0 Å². The lowest BCUT2D eigenvalue weighted by Crippen LogP contribution is -2.51. The number of carboxylic acids is 1. The van der Waals surface area contributed by atoms with Crippen LogP contribution in [0.2, 0.25) is 0 Å². The van der Waals surface area contributed by atoms with Gasteiger partial charge in [0.2, 0.25) is 0 Å². The number of carboxylic acid groups (broad SMARTS) is 1. The van der Waals surface area contributed by atoms with Crippen molar-refractivity contribution in [1.29, 1.82) is 0 Å². The molecule has 0 bridgehead atoms. The van der Waals surface area contributed by atoms with E-state index in [2.05, 4.69) is 19.9 Å². The topological polar surface area (TPSA) is 60.4 Å². The highest BCUT2D eigenvalue weighted by molar-refractivity contribution is 5.67. The molecule has 0 unspecified atom stereocenters. The van der Waals surface area contributed by atoms with Crippen LogP contribution in [-0.2, 0) is 4.79 Å². The zero-order chi connectivity index (χ0) is 18.0. The average Bonchev–Trinajstić information content (AvgIpc) is 2.92. The van der Waals surface area contributed by atoms with E-state index < -0.39 is 5.97 Å². The maximum Gasteiger partial charge on any atom is 0.0577 e. The summed E-state index contributed by atoms with van der Waals surface area (Å²) in [5.41, 5.74) is 1.94. The monoisotopic (exact) mass is 345 g/mol. The van der Waals surface area contributed by atoms with Crippen molar-refractivity contribution in [3.63, 3.8) is 0 Å². The number of aliphatic hydroxyl groups is 1. The third kappa shape index (κ3) is 2.44. The third-order valence-corrected chi connectivity index (χ3v) is 9.13. The van der Waals surface area contributed by atoms with Crippen LogP contribution in [0.1, 0.15) is 72.1 Å². The predicted octanol–water partition coefficient (Wildman–Crippen LogP) is 3.31. The molecule has 3 fully saturated rings.